The van der Waals surface area contributed by atoms with Gasteiger partial charge in [-0.25, -0.2) is 4.79 Å². The fourth-order valence-corrected chi connectivity index (χ4v) is 2.84. The molecule has 5 nitrogen and oxygen atoms in total. The van der Waals surface area contributed by atoms with E-state index >= 15 is 0 Å². The van der Waals surface area contributed by atoms with Crippen LogP contribution < -0.4 is 5.73 Å². The van der Waals surface area contributed by atoms with Crippen LogP contribution in [0.4, 0.5) is 13.2 Å². The number of hydrogen-bond donors (Lipinski definition) is 1. The van der Waals surface area contributed by atoms with Crippen molar-refractivity contribution in [2.24, 2.45) is 17.6 Å². The number of alkyl halides is 3. The standard InChI is InChI=1S/C18H23F3N2O3/c1-11(2)15(22)16(24)23-9-13(18(19,20)21)8-14(23)17(25)26-10-12-6-4-3-5-7-12/h3-7,11,13-15H,8-10,22H2,1-2H3/t13-,14+,15+/m1/s1. The molecular weight excluding hydrogens is 349 g/mol. The lowest BCUT2D eigenvalue weighted by atomic mass is 10.0. The number of ether oxygens (including phenoxy) is 1. The van der Waals surface area contributed by atoms with E-state index in [0.717, 1.165) is 4.90 Å². The average Bonchev–Trinajstić information content (AvgIpc) is 3.05. The maximum absolute atomic E-state index is 13.1. The minimum absolute atomic E-state index is 0.0644. The summed E-state index contributed by atoms with van der Waals surface area (Å²) in [5.41, 5.74) is 6.51. The Bertz CT molecular complexity index is 634. The molecular formula is C18H23F3N2O3. The van der Waals surface area contributed by atoms with Crippen molar-refractivity contribution in [3.05, 3.63) is 35.9 Å². The van der Waals surface area contributed by atoms with Gasteiger partial charge in [-0.05, 0) is 17.9 Å². The molecule has 1 heterocycles. The lowest BCUT2D eigenvalue weighted by Crippen LogP contribution is -2.50. The van der Waals surface area contributed by atoms with Crippen LogP contribution >= 0.6 is 0 Å². The number of halogens is 3. The van der Waals surface area contributed by atoms with Crippen molar-refractivity contribution >= 4 is 11.9 Å². The molecule has 1 saturated heterocycles. The van der Waals surface area contributed by atoms with E-state index in [-0.39, 0.29) is 12.5 Å². The Morgan fingerprint density at radius 2 is 1.88 bits per heavy atom. The molecule has 0 radical (unpaired) electrons. The van der Waals surface area contributed by atoms with Gasteiger partial charge in [-0.3, -0.25) is 4.79 Å². The van der Waals surface area contributed by atoms with E-state index in [4.69, 9.17) is 10.5 Å². The third-order valence-electron chi connectivity index (χ3n) is 4.55. The largest absolute Gasteiger partial charge is 0.459 e. The summed E-state index contributed by atoms with van der Waals surface area (Å²) in [5, 5.41) is 0. The van der Waals surface area contributed by atoms with Crippen molar-refractivity contribution in [2.45, 2.75) is 45.1 Å². The minimum atomic E-state index is -4.49. The van der Waals surface area contributed by atoms with E-state index in [9.17, 15) is 22.8 Å². The normalized spacial score (nSPS) is 21.7. The summed E-state index contributed by atoms with van der Waals surface area (Å²) in [5.74, 6) is -3.52. The van der Waals surface area contributed by atoms with Crippen LogP contribution in [0.1, 0.15) is 25.8 Å². The van der Waals surface area contributed by atoms with Crippen molar-refractivity contribution in [1.82, 2.24) is 4.90 Å². The number of rotatable bonds is 5. The van der Waals surface area contributed by atoms with Gasteiger partial charge in [0.15, 0.2) is 0 Å². The molecule has 1 aliphatic heterocycles. The summed E-state index contributed by atoms with van der Waals surface area (Å²) in [7, 11) is 0. The second kappa shape index (κ2) is 8.07. The molecule has 26 heavy (non-hydrogen) atoms. The van der Waals surface area contributed by atoms with Gasteiger partial charge in [-0.2, -0.15) is 13.2 Å². The average molecular weight is 372 g/mol. The fraction of sp³-hybridized carbons (Fsp3) is 0.556. The summed E-state index contributed by atoms with van der Waals surface area (Å²) in [4.78, 5) is 25.8. The maximum Gasteiger partial charge on any atom is 0.393 e. The molecule has 0 aliphatic carbocycles. The second-order valence-corrected chi connectivity index (χ2v) is 6.84. The molecule has 0 aromatic heterocycles. The van der Waals surface area contributed by atoms with Crippen LogP contribution in [0.2, 0.25) is 0 Å². The predicted molar refractivity (Wildman–Crippen MR) is 88.7 cm³/mol. The number of esters is 1. The molecule has 3 atom stereocenters. The third kappa shape index (κ3) is 4.75. The molecule has 0 saturated carbocycles. The number of nitrogens with zero attached hydrogens (tertiary/aromatic N) is 1. The van der Waals surface area contributed by atoms with Gasteiger partial charge >= 0.3 is 12.1 Å². The highest BCUT2D eigenvalue weighted by Gasteiger charge is 2.52. The first kappa shape index (κ1) is 20.2. The van der Waals surface area contributed by atoms with Crippen LogP contribution in [0.3, 0.4) is 0 Å². The molecule has 144 valence electrons. The summed E-state index contributed by atoms with van der Waals surface area (Å²) >= 11 is 0. The quantitative estimate of drug-likeness (QED) is 0.806. The van der Waals surface area contributed by atoms with Crippen molar-refractivity contribution in [3.63, 3.8) is 0 Å². The van der Waals surface area contributed by atoms with Gasteiger partial charge in [-0.1, -0.05) is 44.2 Å². The van der Waals surface area contributed by atoms with Gasteiger partial charge in [0.1, 0.15) is 12.6 Å². The number of benzene rings is 1. The van der Waals surface area contributed by atoms with Gasteiger partial charge in [-0.15, -0.1) is 0 Å². The summed E-state index contributed by atoms with van der Waals surface area (Å²) in [6.07, 6.45) is -5.00. The first-order valence-corrected chi connectivity index (χ1v) is 8.44. The lowest BCUT2D eigenvalue weighted by Gasteiger charge is -2.27. The first-order valence-electron chi connectivity index (χ1n) is 8.44. The van der Waals surface area contributed by atoms with Crippen molar-refractivity contribution < 1.29 is 27.5 Å². The van der Waals surface area contributed by atoms with Crippen LogP contribution in [-0.4, -0.2) is 41.6 Å². The third-order valence-corrected chi connectivity index (χ3v) is 4.55. The zero-order valence-corrected chi connectivity index (χ0v) is 14.7. The van der Waals surface area contributed by atoms with E-state index in [0.29, 0.717) is 5.56 Å². The highest BCUT2D eigenvalue weighted by atomic mass is 19.4. The van der Waals surface area contributed by atoms with E-state index in [2.05, 4.69) is 0 Å². The fourth-order valence-electron chi connectivity index (χ4n) is 2.84. The molecule has 1 aromatic carbocycles. The molecule has 0 bridgehead atoms. The van der Waals surface area contributed by atoms with E-state index in [1.165, 1.54) is 0 Å². The zero-order valence-electron chi connectivity index (χ0n) is 14.7. The molecule has 2 N–H and O–H groups in total. The van der Waals surface area contributed by atoms with Crippen molar-refractivity contribution in [3.8, 4) is 0 Å². The Labute approximate surface area is 150 Å². The number of hydrogen-bond acceptors (Lipinski definition) is 4. The van der Waals surface area contributed by atoms with Crippen molar-refractivity contribution in [2.75, 3.05) is 6.54 Å². The maximum atomic E-state index is 13.1. The van der Waals surface area contributed by atoms with E-state index in [1.807, 2.05) is 0 Å². The van der Waals surface area contributed by atoms with Crippen molar-refractivity contribution in [1.29, 1.82) is 0 Å². The smallest absolute Gasteiger partial charge is 0.393 e. The Morgan fingerprint density at radius 3 is 2.42 bits per heavy atom. The Morgan fingerprint density at radius 1 is 1.27 bits per heavy atom. The topological polar surface area (TPSA) is 72.6 Å². The lowest BCUT2D eigenvalue weighted by molar-refractivity contribution is -0.171. The minimum Gasteiger partial charge on any atom is -0.459 e. The molecule has 0 spiro atoms. The predicted octanol–water partition coefficient (Wildman–Crippen LogP) is 2.49. The van der Waals surface area contributed by atoms with Gasteiger partial charge in [0.2, 0.25) is 5.91 Å². The highest BCUT2D eigenvalue weighted by molar-refractivity contribution is 5.88. The molecule has 1 fully saturated rings. The van der Waals surface area contributed by atoms with Crippen LogP contribution in [0.15, 0.2) is 30.3 Å². The van der Waals surface area contributed by atoms with E-state index in [1.54, 1.807) is 44.2 Å². The Balaban J connectivity index is 2.12. The molecule has 1 aliphatic rings. The van der Waals surface area contributed by atoms with Crippen LogP contribution in [-0.2, 0) is 20.9 Å². The number of carbonyl (C=O) groups excluding carboxylic acids is 2. The van der Waals surface area contributed by atoms with Crippen LogP contribution in [0.5, 0.6) is 0 Å². The van der Waals surface area contributed by atoms with Gasteiger partial charge in [0.25, 0.3) is 0 Å². The Hall–Kier alpha value is -2.09. The number of carbonyl (C=O) groups is 2. The molecule has 8 heteroatoms. The zero-order chi connectivity index (χ0) is 19.5. The summed E-state index contributed by atoms with van der Waals surface area (Å²) in [6.45, 7) is 2.75. The second-order valence-electron chi connectivity index (χ2n) is 6.84. The SMILES string of the molecule is CC(C)[C@H](N)C(=O)N1C[C@H](C(F)(F)F)C[C@H]1C(=O)OCc1ccccc1. The molecule has 2 rings (SSSR count). The monoisotopic (exact) mass is 372 g/mol. The highest BCUT2D eigenvalue weighted by Crippen LogP contribution is 2.37. The van der Waals surface area contributed by atoms with E-state index < -0.39 is 49.0 Å². The Kier molecular flexibility index (Phi) is 6.28. The van der Waals surface area contributed by atoms with Crippen LogP contribution in [0.25, 0.3) is 0 Å². The van der Waals surface area contributed by atoms with Gasteiger partial charge in [0, 0.05) is 6.54 Å². The van der Waals surface area contributed by atoms with Gasteiger partial charge in [0.05, 0.1) is 12.0 Å². The number of likely N-dealkylation sites (tertiary alicyclic amines) is 1. The molecule has 0 unspecified atom stereocenters. The van der Waals surface area contributed by atoms with Crippen LogP contribution in [0, 0.1) is 11.8 Å². The first-order chi connectivity index (χ1) is 12.1. The summed E-state index contributed by atoms with van der Waals surface area (Å²) < 4.78 is 44.5. The molecule has 1 amide bonds. The summed E-state index contributed by atoms with van der Waals surface area (Å²) in [6, 6.07) is 6.54. The number of amides is 1. The van der Waals surface area contributed by atoms with Gasteiger partial charge < -0.3 is 15.4 Å². The number of nitrogens with two attached hydrogens (primary N) is 1. The molecule has 1 aromatic rings.